The van der Waals surface area contributed by atoms with Crippen molar-refractivity contribution in [2.75, 3.05) is 13.2 Å². The third-order valence-corrected chi connectivity index (χ3v) is 12.5. The molecule has 9 heteroatoms. The van der Waals surface area contributed by atoms with E-state index in [1.165, 1.54) is 103 Å². The smallest absolute Gasteiger partial charge is 0.220 e. The SMILES string of the molecule is CC/C=C\C/C=C\C/C=C\C/C=C\C/C=C\C/C=C\C/C=C\CCCCCCCCCCCCCC(=O)NC(COC1OC(CO)C(O)C(O)C1O)C(O)CCCCCCCCCCCCC. The van der Waals surface area contributed by atoms with E-state index in [1.807, 2.05) is 0 Å². The van der Waals surface area contributed by atoms with Crippen LogP contribution in [0.5, 0.6) is 0 Å². The predicted molar refractivity (Wildman–Crippen MR) is 281 cm³/mol. The molecule has 0 spiro atoms. The number of aliphatic hydroxyl groups is 5. The molecule has 0 radical (unpaired) electrons. The Bertz CT molecular complexity index is 1320. The molecule has 1 saturated heterocycles. The molecule has 0 aromatic heterocycles. The lowest BCUT2D eigenvalue weighted by Crippen LogP contribution is -2.60. The van der Waals surface area contributed by atoms with E-state index >= 15 is 0 Å². The standard InChI is InChI=1S/C58H101NO8/c1-3-5-7-9-11-13-15-16-17-18-19-20-21-22-23-24-25-26-27-28-29-30-31-32-33-34-35-36-38-40-42-44-46-48-54(62)59-51(50-66-58-57(65)56(64)55(63)53(49-60)67-58)52(61)47-45-43-41-39-37-14-12-10-8-6-4-2/h5,7,11,13,16-17,19-20,22-23,25-26,28-29,51-53,55-58,60-61,63-65H,3-4,6,8-10,12,14-15,18,21,24,27,30-50H2,1-2H3,(H,59,62)/b7-5-,13-11-,17-16-,20-19-,23-22-,26-25-,29-28-. The molecule has 1 aliphatic rings. The maximum absolute atomic E-state index is 13.0. The molecule has 0 aromatic carbocycles. The third kappa shape index (κ3) is 36.9. The monoisotopic (exact) mass is 940 g/mol. The van der Waals surface area contributed by atoms with Crippen LogP contribution in [0.3, 0.4) is 0 Å². The molecule has 386 valence electrons. The van der Waals surface area contributed by atoms with Crippen LogP contribution in [0, 0.1) is 0 Å². The average Bonchev–Trinajstić information content (AvgIpc) is 3.33. The Hall–Kier alpha value is -2.63. The topological polar surface area (TPSA) is 149 Å². The molecule has 7 unspecified atom stereocenters. The molecular weight excluding hydrogens is 839 g/mol. The van der Waals surface area contributed by atoms with Gasteiger partial charge in [0.2, 0.25) is 5.91 Å². The lowest BCUT2D eigenvalue weighted by molar-refractivity contribution is -0.302. The fraction of sp³-hybridized carbons (Fsp3) is 0.741. The van der Waals surface area contributed by atoms with Crippen LogP contribution in [0.15, 0.2) is 85.1 Å². The van der Waals surface area contributed by atoms with Gasteiger partial charge in [-0.3, -0.25) is 4.79 Å². The Labute approximate surface area is 410 Å². The van der Waals surface area contributed by atoms with Gasteiger partial charge in [-0.25, -0.2) is 0 Å². The summed E-state index contributed by atoms with van der Waals surface area (Å²) < 4.78 is 11.3. The molecule has 0 aromatic rings. The first kappa shape index (κ1) is 62.4. The maximum atomic E-state index is 13.0. The van der Waals surface area contributed by atoms with Crippen molar-refractivity contribution in [1.82, 2.24) is 5.32 Å². The summed E-state index contributed by atoms with van der Waals surface area (Å²) in [5.41, 5.74) is 0. The van der Waals surface area contributed by atoms with Gasteiger partial charge in [-0.1, -0.05) is 227 Å². The third-order valence-electron chi connectivity index (χ3n) is 12.5. The van der Waals surface area contributed by atoms with Crippen LogP contribution in [0.2, 0.25) is 0 Å². The van der Waals surface area contributed by atoms with Gasteiger partial charge in [0.15, 0.2) is 6.29 Å². The molecule has 9 nitrogen and oxygen atoms in total. The molecule has 1 fully saturated rings. The molecule has 7 atom stereocenters. The molecule has 1 amide bonds. The molecule has 6 N–H and O–H groups in total. The Balaban J connectivity index is 2.15. The van der Waals surface area contributed by atoms with Crippen LogP contribution >= 0.6 is 0 Å². The number of rotatable bonds is 45. The van der Waals surface area contributed by atoms with E-state index < -0.39 is 49.5 Å². The van der Waals surface area contributed by atoms with Crippen LogP contribution in [0.4, 0.5) is 0 Å². The number of hydrogen-bond acceptors (Lipinski definition) is 8. The van der Waals surface area contributed by atoms with Gasteiger partial charge >= 0.3 is 0 Å². The van der Waals surface area contributed by atoms with Crippen LogP contribution < -0.4 is 5.32 Å². The summed E-state index contributed by atoms with van der Waals surface area (Å²) in [4.78, 5) is 13.0. The van der Waals surface area contributed by atoms with Crippen molar-refractivity contribution in [3.05, 3.63) is 85.1 Å². The first-order valence-corrected chi connectivity index (χ1v) is 27.3. The summed E-state index contributed by atoms with van der Waals surface area (Å²) in [6.45, 7) is 3.70. The molecule has 0 aliphatic carbocycles. The zero-order valence-electron chi connectivity index (χ0n) is 42.6. The molecule has 1 heterocycles. The predicted octanol–water partition coefficient (Wildman–Crippen LogP) is 13.1. The van der Waals surface area contributed by atoms with E-state index in [9.17, 15) is 30.3 Å². The van der Waals surface area contributed by atoms with Gasteiger partial charge < -0.3 is 40.3 Å². The summed E-state index contributed by atoms with van der Waals surface area (Å²) in [6, 6.07) is -0.724. The summed E-state index contributed by atoms with van der Waals surface area (Å²) >= 11 is 0. The van der Waals surface area contributed by atoms with Gasteiger partial charge in [0.05, 0.1) is 25.4 Å². The van der Waals surface area contributed by atoms with Gasteiger partial charge in [-0.05, 0) is 70.6 Å². The first-order valence-electron chi connectivity index (χ1n) is 27.3. The summed E-state index contributed by atoms with van der Waals surface area (Å²) in [6.07, 6.45) is 59.0. The number of ether oxygens (including phenoxy) is 2. The van der Waals surface area contributed by atoms with Gasteiger partial charge in [0.1, 0.15) is 24.4 Å². The normalized spacial score (nSPS) is 20.4. The van der Waals surface area contributed by atoms with Gasteiger partial charge in [0, 0.05) is 6.42 Å². The van der Waals surface area contributed by atoms with Crippen molar-refractivity contribution < 1.29 is 39.8 Å². The minimum Gasteiger partial charge on any atom is -0.394 e. The van der Waals surface area contributed by atoms with E-state index in [2.05, 4.69) is 104 Å². The van der Waals surface area contributed by atoms with Crippen LogP contribution in [-0.2, 0) is 14.3 Å². The zero-order chi connectivity index (χ0) is 48.7. The fourth-order valence-corrected chi connectivity index (χ4v) is 8.20. The van der Waals surface area contributed by atoms with Crippen molar-refractivity contribution in [1.29, 1.82) is 0 Å². The van der Waals surface area contributed by atoms with Gasteiger partial charge in [-0.2, -0.15) is 0 Å². The van der Waals surface area contributed by atoms with E-state index in [4.69, 9.17) is 9.47 Å². The Kier molecular flexibility index (Phi) is 43.8. The number of aliphatic hydroxyl groups excluding tert-OH is 5. The van der Waals surface area contributed by atoms with Crippen molar-refractivity contribution >= 4 is 5.91 Å². The second-order valence-corrected chi connectivity index (χ2v) is 18.6. The largest absolute Gasteiger partial charge is 0.394 e. The number of hydrogen-bond donors (Lipinski definition) is 6. The number of carbonyl (C=O) groups excluding carboxylic acids is 1. The van der Waals surface area contributed by atoms with E-state index in [1.54, 1.807) is 0 Å². The number of unbranched alkanes of at least 4 members (excludes halogenated alkanes) is 21. The highest BCUT2D eigenvalue weighted by atomic mass is 16.7. The highest BCUT2D eigenvalue weighted by Gasteiger charge is 2.44. The number of nitrogens with one attached hydrogen (secondary N) is 1. The van der Waals surface area contributed by atoms with E-state index in [-0.39, 0.29) is 12.5 Å². The quantitative estimate of drug-likeness (QED) is 0.0261. The average molecular weight is 940 g/mol. The second kappa shape index (κ2) is 47.1. The molecule has 1 rings (SSSR count). The zero-order valence-corrected chi connectivity index (χ0v) is 42.6. The number of carbonyl (C=O) groups is 1. The van der Waals surface area contributed by atoms with Crippen LogP contribution in [0.1, 0.15) is 219 Å². The summed E-state index contributed by atoms with van der Waals surface area (Å²) in [5, 5.41) is 54.4. The number of allylic oxidation sites excluding steroid dienone is 14. The lowest BCUT2D eigenvalue weighted by Gasteiger charge is -2.40. The van der Waals surface area contributed by atoms with Crippen molar-refractivity contribution in [3.8, 4) is 0 Å². The van der Waals surface area contributed by atoms with Gasteiger partial charge in [0.25, 0.3) is 0 Å². The molecule has 0 saturated carbocycles. The van der Waals surface area contributed by atoms with Gasteiger partial charge in [-0.15, -0.1) is 0 Å². The van der Waals surface area contributed by atoms with E-state index in [0.717, 1.165) is 89.9 Å². The highest BCUT2D eigenvalue weighted by Crippen LogP contribution is 2.23. The minimum atomic E-state index is -1.56. The Morgan fingerprint density at radius 1 is 0.522 bits per heavy atom. The van der Waals surface area contributed by atoms with Crippen molar-refractivity contribution in [2.24, 2.45) is 0 Å². The first-order chi connectivity index (χ1) is 32.8. The lowest BCUT2D eigenvalue weighted by atomic mass is 9.99. The molecule has 1 aliphatic heterocycles. The van der Waals surface area contributed by atoms with Crippen LogP contribution in [0.25, 0.3) is 0 Å². The summed E-state index contributed by atoms with van der Waals surface area (Å²) in [5.74, 6) is -0.152. The highest BCUT2D eigenvalue weighted by molar-refractivity contribution is 5.76. The summed E-state index contributed by atoms with van der Waals surface area (Å²) in [7, 11) is 0. The van der Waals surface area contributed by atoms with Crippen molar-refractivity contribution in [3.63, 3.8) is 0 Å². The molecule has 67 heavy (non-hydrogen) atoms. The molecular formula is C58H101NO8. The maximum Gasteiger partial charge on any atom is 0.220 e. The van der Waals surface area contributed by atoms with Crippen molar-refractivity contribution in [2.45, 2.75) is 262 Å². The molecule has 0 bridgehead atoms. The fourth-order valence-electron chi connectivity index (χ4n) is 8.20. The minimum absolute atomic E-state index is 0.142. The Morgan fingerprint density at radius 3 is 1.37 bits per heavy atom. The van der Waals surface area contributed by atoms with Crippen LogP contribution in [-0.4, -0.2) is 87.5 Å². The van der Waals surface area contributed by atoms with E-state index in [0.29, 0.717) is 12.8 Å². The number of amides is 1. The second-order valence-electron chi connectivity index (χ2n) is 18.6. The Morgan fingerprint density at radius 2 is 0.925 bits per heavy atom.